The molecule has 0 N–H and O–H groups in total. The number of rotatable bonds is 4. The summed E-state index contributed by atoms with van der Waals surface area (Å²) in [7, 11) is 0. The minimum absolute atomic E-state index is 0.0728. The summed E-state index contributed by atoms with van der Waals surface area (Å²) in [5.41, 5.74) is 1.46. The quantitative estimate of drug-likeness (QED) is 0.458. The number of anilines is 2. The number of nitrogens with zero attached hydrogens (tertiary/aromatic N) is 4. The molecule has 0 aliphatic carbocycles. The number of nitro benzene ring substituents is 1. The van der Waals surface area contributed by atoms with Crippen LogP contribution in [0.25, 0.3) is 0 Å². The molecule has 4 rings (SSSR count). The predicted octanol–water partition coefficient (Wildman–Crippen LogP) is 2.05. The number of carbonyl (C=O) groups is 2. The van der Waals surface area contributed by atoms with Crippen molar-refractivity contribution in [3.63, 3.8) is 0 Å². The molecule has 0 radical (unpaired) electrons. The van der Waals surface area contributed by atoms with Gasteiger partial charge in [0.25, 0.3) is 11.6 Å². The number of carbonyl (C=O) groups excluding carboxylic acids is 2. The molecule has 2 aromatic carbocycles. The summed E-state index contributed by atoms with van der Waals surface area (Å²) in [6.07, 6.45) is 0.140. The molecule has 28 heavy (non-hydrogen) atoms. The molecule has 8 heteroatoms. The number of non-ortho nitro benzene ring substituents is 1. The molecule has 1 atom stereocenters. The van der Waals surface area contributed by atoms with Crippen molar-refractivity contribution >= 4 is 28.9 Å². The summed E-state index contributed by atoms with van der Waals surface area (Å²) in [6.45, 7) is 2.98. The summed E-state index contributed by atoms with van der Waals surface area (Å²) >= 11 is 0. The van der Waals surface area contributed by atoms with Gasteiger partial charge in [0, 0.05) is 44.0 Å². The van der Waals surface area contributed by atoms with Gasteiger partial charge in [0.05, 0.1) is 23.1 Å². The fourth-order valence-electron chi connectivity index (χ4n) is 3.83. The highest BCUT2D eigenvalue weighted by atomic mass is 16.6. The van der Waals surface area contributed by atoms with Crippen LogP contribution in [0.3, 0.4) is 0 Å². The Labute approximate surface area is 162 Å². The first-order valence-electron chi connectivity index (χ1n) is 9.20. The normalized spacial score (nSPS) is 20.6. The predicted molar refractivity (Wildman–Crippen MR) is 104 cm³/mol. The van der Waals surface area contributed by atoms with E-state index in [0.29, 0.717) is 18.8 Å². The highest BCUT2D eigenvalue weighted by molar-refractivity contribution is 6.22. The third-order valence-corrected chi connectivity index (χ3v) is 5.32. The van der Waals surface area contributed by atoms with Crippen LogP contribution in [0.4, 0.5) is 17.1 Å². The molecule has 2 saturated heterocycles. The summed E-state index contributed by atoms with van der Waals surface area (Å²) in [5.74, 6) is -0.527. The first-order chi connectivity index (χ1) is 13.5. The highest BCUT2D eigenvalue weighted by Gasteiger charge is 2.43. The minimum Gasteiger partial charge on any atom is -0.369 e. The van der Waals surface area contributed by atoms with Crippen LogP contribution in [-0.4, -0.2) is 53.9 Å². The number of nitro groups is 1. The summed E-state index contributed by atoms with van der Waals surface area (Å²) in [6, 6.07) is 15.2. The fraction of sp³-hybridized carbons (Fsp3) is 0.300. The number of piperazine rings is 1. The van der Waals surface area contributed by atoms with Crippen molar-refractivity contribution in [3.05, 3.63) is 64.7 Å². The molecule has 0 spiro atoms. The Bertz CT molecular complexity index is 892. The number of hydrogen-bond donors (Lipinski definition) is 0. The van der Waals surface area contributed by atoms with Gasteiger partial charge in [0.2, 0.25) is 5.91 Å². The first-order valence-corrected chi connectivity index (χ1v) is 9.20. The molecule has 2 amide bonds. The van der Waals surface area contributed by atoms with Crippen molar-refractivity contribution in [2.75, 3.05) is 36.0 Å². The molecule has 2 aromatic rings. The summed E-state index contributed by atoms with van der Waals surface area (Å²) in [5, 5.41) is 10.8. The largest absolute Gasteiger partial charge is 0.369 e. The van der Waals surface area contributed by atoms with Crippen LogP contribution < -0.4 is 9.80 Å². The standard InChI is InChI=1S/C20H20N4O4/c25-19-14-18(20(26)23(19)16-6-8-17(9-7-16)24(27)28)22-12-10-21(11-13-22)15-4-2-1-3-5-15/h1-9,18H,10-14H2/t18-/m1/s1. The van der Waals surface area contributed by atoms with Gasteiger partial charge < -0.3 is 4.90 Å². The molecular weight excluding hydrogens is 360 g/mol. The van der Waals surface area contributed by atoms with E-state index < -0.39 is 11.0 Å². The van der Waals surface area contributed by atoms with Crippen molar-refractivity contribution in [2.45, 2.75) is 12.5 Å². The van der Waals surface area contributed by atoms with Gasteiger partial charge in [-0.25, -0.2) is 4.90 Å². The number of hydrogen-bond acceptors (Lipinski definition) is 6. The Morgan fingerprint density at radius 2 is 1.50 bits per heavy atom. The number of benzene rings is 2. The third kappa shape index (κ3) is 3.34. The zero-order chi connectivity index (χ0) is 19.7. The van der Waals surface area contributed by atoms with Crippen LogP contribution in [-0.2, 0) is 9.59 Å². The molecule has 2 heterocycles. The molecule has 0 aromatic heterocycles. The van der Waals surface area contributed by atoms with Crippen LogP contribution in [0, 0.1) is 10.1 Å². The molecule has 2 aliphatic rings. The van der Waals surface area contributed by atoms with E-state index in [9.17, 15) is 19.7 Å². The molecule has 0 saturated carbocycles. The second-order valence-corrected chi connectivity index (χ2v) is 6.92. The van der Waals surface area contributed by atoms with E-state index in [1.54, 1.807) is 0 Å². The van der Waals surface area contributed by atoms with E-state index in [1.165, 1.54) is 24.3 Å². The van der Waals surface area contributed by atoms with E-state index in [-0.39, 0.29) is 23.9 Å². The van der Waals surface area contributed by atoms with Gasteiger partial charge >= 0.3 is 0 Å². The van der Waals surface area contributed by atoms with Gasteiger partial charge in [-0.2, -0.15) is 0 Å². The van der Waals surface area contributed by atoms with E-state index in [1.807, 2.05) is 18.2 Å². The fourth-order valence-corrected chi connectivity index (χ4v) is 3.83. The maximum absolute atomic E-state index is 12.9. The Hall–Kier alpha value is -3.26. The van der Waals surface area contributed by atoms with E-state index in [2.05, 4.69) is 21.9 Å². The molecule has 0 unspecified atom stereocenters. The van der Waals surface area contributed by atoms with Crippen LogP contribution in [0.15, 0.2) is 54.6 Å². The van der Waals surface area contributed by atoms with Crippen LogP contribution in [0.5, 0.6) is 0 Å². The molecule has 2 fully saturated rings. The summed E-state index contributed by atoms with van der Waals surface area (Å²) < 4.78 is 0. The van der Waals surface area contributed by atoms with Gasteiger partial charge in [-0.15, -0.1) is 0 Å². The molecule has 2 aliphatic heterocycles. The third-order valence-electron chi connectivity index (χ3n) is 5.32. The van der Waals surface area contributed by atoms with Gasteiger partial charge in [-0.05, 0) is 24.3 Å². The van der Waals surface area contributed by atoms with Gasteiger partial charge in [-0.1, -0.05) is 18.2 Å². The maximum Gasteiger partial charge on any atom is 0.269 e. The lowest BCUT2D eigenvalue weighted by molar-refractivity contribution is -0.384. The van der Waals surface area contributed by atoms with Crippen LogP contribution >= 0.6 is 0 Å². The van der Waals surface area contributed by atoms with Crippen molar-refractivity contribution in [3.8, 4) is 0 Å². The molecule has 8 nitrogen and oxygen atoms in total. The minimum atomic E-state index is -0.508. The number of para-hydroxylation sites is 1. The highest BCUT2D eigenvalue weighted by Crippen LogP contribution is 2.28. The zero-order valence-corrected chi connectivity index (χ0v) is 15.2. The van der Waals surface area contributed by atoms with Gasteiger partial charge in [-0.3, -0.25) is 24.6 Å². The van der Waals surface area contributed by atoms with Crippen molar-refractivity contribution in [2.24, 2.45) is 0 Å². The van der Waals surface area contributed by atoms with Crippen molar-refractivity contribution in [1.29, 1.82) is 0 Å². The van der Waals surface area contributed by atoms with E-state index in [0.717, 1.165) is 23.7 Å². The average molecular weight is 380 g/mol. The lowest BCUT2D eigenvalue weighted by Crippen LogP contribution is -2.52. The smallest absolute Gasteiger partial charge is 0.269 e. The topological polar surface area (TPSA) is 87.0 Å². The SMILES string of the molecule is O=C1C[C@@H](N2CCN(c3ccccc3)CC2)C(=O)N1c1ccc([N+](=O)[O-])cc1. The maximum atomic E-state index is 12.9. The van der Waals surface area contributed by atoms with E-state index in [4.69, 9.17) is 0 Å². The second kappa shape index (κ2) is 7.40. The number of amides is 2. The lowest BCUT2D eigenvalue weighted by atomic mass is 10.1. The van der Waals surface area contributed by atoms with Crippen LogP contribution in [0.2, 0.25) is 0 Å². The summed E-state index contributed by atoms with van der Waals surface area (Å²) in [4.78, 5) is 41.1. The average Bonchev–Trinajstić information content (AvgIpc) is 3.03. The molecular formula is C20H20N4O4. The molecule has 0 bridgehead atoms. The Kier molecular flexibility index (Phi) is 4.79. The van der Waals surface area contributed by atoms with Gasteiger partial charge in [0.1, 0.15) is 0 Å². The van der Waals surface area contributed by atoms with Crippen molar-refractivity contribution < 1.29 is 14.5 Å². The Morgan fingerprint density at radius 1 is 0.857 bits per heavy atom. The first kappa shape index (κ1) is 18.1. The van der Waals surface area contributed by atoms with Crippen LogP contribution in [0.1, 0.15) is 6.42 Å². The van der Waals surface area contributed by atoms with Gasteiger partial charge in [0.15, 0.2) is 0 Å². The Balaban J connectivity index is 1.44. The zero-order valence-electron chi connectivity index (χ0n) is 15.2. The second-order valence-electron chi connectivity index (χ2n) is 6.92. The lowest BCUT2D eigenvalue weighted by Gasteiger charge is -2.38. The van der Waals surface area contributed by atoms with Crippen molar-refractivity contribution in [1.82, 2.24) is 4.90 Å². The Morgan fingerprint density at radius 3 is 2.11 bits per heavy atom. The van der Waals surface area contributed by atoms with E-state index >= 15 is 0 Å². The number of imide groups is 1. The monoisotopic (exact) mass is 380 g/mol. The molecule has 144 valence electrons.